The van der Waals surface area contributed by atoms with E-state index in [4.69, 9.17) is 0 Å². The lowest BCUT2D eigenvalue weighted by atomic mass is 9.96. The Morgan fingerprint density at radius 2 is 1.84 bits per heavy atom. The molecular formula is C18H19N5OS. The second-order valence-corrected chi connectivity index (χ2v) is 7.65. The highest BCUT2D eigenvalue weighted by atomic mass is 32.1. The van der Waals surface area contributed by atoms with Crippen molar-refractivity contribution >= 4 is 22.9 Å². The van der Waals surface area contributed by atoms with Gasteiger partial charge in [-0.05, 0) is 19.1 Å². The summed E-state index contributed by atoms with van der Waals surface area (Å²) in [4.78, 5) is 30.5. The van der Waals surface area contributed by atoms with Crippen LogP contribution in [-0.2, 0) is 5.41 Å². The summed E-state index contributed by atoms with van der Waals surface area (Å²) in [7, 11) is 0. The van der Waals surface area contributed by atoms with Crippen LogP contribution in [0.4, 0.5) is 5.69 Å². The third kappa shape index (κ3) is 3.88. The zero-order valence-electron chi connectivity index (χ0n) is 14.6. The van der Waals surface area contributed by atoms with E-state index in [1.807, 2.05) is 45.9 Å². The first kappa shape index (κ1) is 17.2. The van der Waals surface area contributed by atoms with Crippen molar-refractivity contribution in [3.05, 3.63) is 53.2 Å². The van der Waals surface area contributed by atoms with Crippen LogP contribution in [0.5, 0.6) is 0 Å². The number of rotatable bonds is 3. The van der Waals surface area contributed by atoms with Crippen molar-refractivity contribution in [2.75, 3.05) is 5.32 Å². The molecule has 0 aliphatic heterocycles. The number of amides is 1. The van der Waals surface area contributed by atoms with Gasteiger partial charge in [-0.25, -0.2) is 15.0 Å². The van der Waals surface area contributed by atoms with Gasteiger partial charge >= 0.3 is 0 Å². The van der Waals surface area contributed by atoms with Crippen LogP contribution in [0.2, 0.25) is 0 Å². The quantitative estimate of drug-likeness (QED) is 0.773. The van der Waals surface area contributed by atoms with E-state index in [1.54, 1.807) is 18.6 Å². The molecule has 1 amide bonds. The van der Waals surface area contributed by atoms with E-state index in [1.165, 1.54) is 11.3 Å². The molecule has 0 atom stereocenters. The fourth-order valence-corrected chi connectivity index (χ4v) is 3.11. The Bertz CT molecular complexity index is 882. The van der Waals surface area contributed by atoms with E-state index in [2.05, 4.69) is 25.3 Å². The van der Waals surface area contributed by atoms with Gasteiger partial charge in [0.2, 0.25) is 0 Å². The van der Waals surface area contributed by atoms with E-state index < -0.39 is 0 Å². The van der Waals surface area contributed by atoms with E-state index in [0.717, 1.165) is 16.5 Å². The van der Waals surface area contributed by atoms with Crippen molar-refractivity contribution in [1.82, 2.24) is 19.9 Å². The third-order valence-corrected chi connectivity index (χ3v) is 4.65. The topological polar surface area (TPSA) is 80.7 Å². The highest BCUT2D eigenvalue weighted by Gasteiger charge is 2.19. The van der Waals surface area contributed by atoms with Gasteiger partial charge < -0.3 is 5.32 Å². The molecule has 0 aliphatic carbocycles. The summed E-state index contributed by atoms with van der Waals surface area (Å²) in [5.41, 5.74) is 1.86. The molecule has 0 aromatic carbocycles. The average Bonchev–Trinajstić information content (AvgIpc) is 2.97. The Kier molecular flexibility index (Phi) is 4.59. The molecule has 0 spiro atoms. The van der Waals surface area contributed by atoms with Gasteiger partial charge in [0.25, 0.3) is 5.91 Å². The first-order valence-electron chi connectivity index (χ1n) is 7.87. The summed E-state index contributed by atoms with van der Waals surface area (Å²) in [5.74, 6) is 0.515. The summed E-state index contributed by atoms with van der Waals surface area (Å²) in [5, 5.41) is 3.55. The molecule has 128 valence electrons. The summed E-state index contributed by atoms with van der Waals surface area (Å²) in [6.07, 6.45) is 4.96. The Labute approximate surface area is 150 Å². The summed E-state index contributed by atoms with van der Waals surface area (Å²) >= 11 is 1.32. The largest absolute Gasteiger partial charge is 0.319 e. The highest BCUT2D eigenvalue weighted by Crippen LogP contribution is 2.27. The first-order chi connectivity index (χ1) is 11.8. The van der Waals surface area contributed by atoms with E-state index in [0.29, 0.717) is 16.3 Å². The van der Waals surface area contributed by atoms with Crippen molar-refractivity contribution < 1.29 is 4.79 Å². The maximum absolute atomic E-state index is 12.5. The maximum Gasteiger partial charge on any atom is 0.267 e. The lowest BCUT2D eigenvalue weighted by molar-refractivity contribution is 0.102. The van der Waals surface area contributed by atoms with Crippen molar-refractivity contribution in [3.63, 3.8) is 0 Å². The number of hydrogen-bond acceptors (Lipinski definition) is 6. The zero-order valence-corrected chi connectivity index (χ0v) is 15.4. The van der Waals surface area contributed by atoms with Crippen LogP contribution in [0.1, 0.15) is 42.0 Å². The smallest absolute Gasteiger partial charge is 0.267 e. The molecule has 0 saturated heterocycles. The molecule has 0 radical (unpaired) electrons. The Morgan fingerprint density at radius 1 is 1.12 bits per heavy atom. The maximum atomic E-state index is 12.5. The minimum absolute atomic E-state index is 0.131. The predicted molar refractivity (Wildman–Crippen MR) is 98.8 cm³/mol. The molecule has 3 rings (SSSR count). The molecule has 0 aliphatic rings. The Morgan fingerprint density at radius 3 is 2.44 bits per heavy atom. The lowest BCUT2D eigenvalue weighted by Gasteiger charge is -2.16. The molecule has 1 N–H and O–H groups in total. The molecule has 3 heterocycles. The number of carbonyl (C=O) groups is 1. The Balaban J connectivity index is 1.79. The highest BCUT2D eigenvalue weighted by molar-refractivity contribution is 7.17. The Hall–Kier alpha value is -2.67. The van der Waals surface area contributed by atoms with Gasteiger partial charge in [-0.2, -0.15) is 0 Å². The van der Waals surface area contributed by atoms with Crippen LogP contribution < -0.4 is 5.32 Å². The van der Waals surface area contributed by atoms with Crippen LogP contribution in [0.3, 0.4) is 0 Å². The van der Waals surface area contributed by atoms with Crippen molar-refractivity contribution in [1.29, 1.82) is 0 Å². The van der Waals surface area contributed by atoms with Gasteiger partial charge in [-0.1, -0.05) is 26.8 Å². The van der Waals surface area contributed by atoms with E-state index in [9.17, 15) is 4.79 Å². The number of carbonyl (C=O) groups excluding carboxylic acids is 1. The van der Waals surface area contributed by atoms with Crippen molar-refractivity contribution in [2.24, 2.45) is 0 Å². The summed E-state index contributed by atoms with van der Waals surface area (Å²) < 4.78 is 0. The van der Waals surface area contributed by atoms with Crippen LogP contribution in [0.25, 0.3) is 10.7 Å². The van der Waals surface area contributed by atoms with Gasteiger partial charge in [0.05, 0.1) is 29.5 Å². The van der Waals surface area contributed by atoms with Gasteiger partial charge in [-0.15, -0.1) is 11.3 Å². The fourth-order valence-electron chi connectivity index (χ4n) is 2.17. The van der Waals surface area contributed by atoms with E-state index in [-0.39, 0.29) is 11.3 Å². The van der Waals surface area contributed by atoms with Gasteiger partial charge in [-0.3, -0.25) is 9.78 Å². The average molecular weight is 353 g/mol. The minimum Gasteiger partial charge on any atom is -0.319 e. The first-order valence-corrected chi connectivity index (χ1v) is 8.69. The number of nitrogens with zero attached hydrogens (tertiary/aromatic N) is 4. The van der Waals surface area contributed by atoms with Gasteiger partial charge in [0, 0.05) is 11.6 Å². The summed E-state index contributed by atoms with van der Waals surface area (Å²) in [6.45, 7) is 7.94. The third-order valence-electron chi connectivity index (χ3n) is 3.47. The monoisotopic (exact) mass is 353 g/mol. The van der Waals surface area contributed by atoms with Crippen LogP contribution in [0.15, 0.2) is 36.8 Å². The van der Waals surface area contributed by atoms with Crippen LogP contribution >= 0.6 is 11.3 Å². The number of thiazole rings is 1. The second kappa shape index (κ2) is 6.68. The number of anilines is 1. The molecular weight excluding hydrogens is 334 g/mol. The number of pyridine rings is 1. The number of nitrogens with one attached hydrogen (secondary N) is 1. The number of aryl methyl sites for hydroxylation is 1. The second-order valence-electron chi connectivity index (χ2n) is 6.65. The number of aromatic nitrogens is 4. The zero-order chi connectivity index (χ0) is 18.0. The molecule has 0 saturated carbocycles. The normalized spacial score (nSPS) is 11.4. The predicted octanol–water partition coefficient (Wildman–Crippen LogP) is 3.85. The SMILES string of the molecule is Cc1nc(-c2ccccn2)sc1C(=O)Nc1cnc(C(C)(C)C)nc1. The van der Waals surface area contributed by atoms with Crippen molar-refractivity contribution in [2.45, 2.75) is 33.1 Å². The van der Waals surface area contributed by atoms with Gasteiger partial charge in [0.1, 0.15) is 15.7 Å². The molecule has 3 aromatic heterocycles. The summed E-state index contributed by atoms with van der Waals surface area (Å²) in [6, 6.07) is 5.62. The lowest BCUT2D eigenvalue weighted by Crippen LogP contribution is -2.17. The molecule has 3 aromatic rings. The standard InChI is InChI=1S/C18H19N5OS/c1-11-14(25-16(22-11)13-7-5-6-8-19-13)15(24)23-12-9-20-17(21-10-12)18(2,3)4/h5-10H,1-4H3,(H,23,24). The molecule has 0 bridgehead atoms. The van der Waals surface area contributed by atoms with E-state index >= 15 is 0 Å². The molecule has 0 unspecified atom stereocenters. The van der Waals surface area contributed by atoms with Crippen molar-refractivity contribution in [3.8, 4) is 10.7 Å². The molecule has 0 fully saturated rings. The minimum atomic E-state index is -0.218. The van der Waals surface area contributed by atoms with Crippen LogP contribution in [-0.4, -0.2) is 25.8 Å². The molecule has 7 heteroatoms. The molecule has 25 heavy (non-hydrogen) atoms. The number of hydrogen-bond donors (Lipinski definition) is 1. The van der Waals surface area contributed by atoms with Gasteiger partial charge in [0.15, 0.2) is 0 Å². The van der Waals surface area contributed by atoms with Crippen LogP contribution in [0, 0.1) is 6.92 Å². The molecule has 6 nitrogen and oxygen atoms in total. The fraction of sp³-hybridized carbons (Fsp3) is 0.278.